The lowest BCUT2D eigenvalue weighted by Gasteiger charge is -2.20. The largest absolute Gasteiger partial charge is 0.399 e. The van der Waals surface area contributed by atoms with Crippen LogP contribution in [0.3, 0.4) is 0 Å². The first kappa shape index (κ1) is 7.28. The monoisotopic (exact) mass is 143 g/mol. The quantitative estimate of drug-likeness (QED) is 0.596. The zero-order valence-corrected chi connectivity index (χ0v) is 5.80. The summed E-state index contributed by atoms with van der Waals surface area (Å²) in [5, 5.41) is 0. The van der Waals surface area contributed by atoms with Crippen molar-refractivity contribution in [3.05, 3.63) is 23.9 Å². The molecule has 0 amide bonds. The molecule has 1 unspecified atom stereocenters. The second-order valence-electron chi connectivity index (χ2n) is 2.24. The van der Waals surface area contributed by atoms with Gasteiger partial charge in [-0.2, -0.15) is 0 Å². The molecule has 1 aliphatic carbocycles. The van der Waals surface area contributed by atoms with Gasteiger partial charge in [0.05, 0.1) is 0 Å². The summed E-state index contributed by atoms with van der Waals surface area (Å²) < 4.78 is 17.7. The Hall–Kier alpha value is -0.830. The first-order valence-corrected chi connectivity index (χ1v) is 3.05. The third kappa shape index (κ3) is 1.36. The molecule has 0 aliphatic heterocycles. The highest BCUT2D eigenvalue weighted by Crippen LogP contribution is 2.24. The fraction of sp³-hybridized carbons (Fsp3) is 0.429. The topological polar surface area (TPSA) is 35.2 Å². The van der Waals surface area contributed by atoms with Gasteiger partial charge in [0.1, 0.15) is 0 Å². The van der Waals surface area contributed by atoms with Crippen molar-refractivity contribution >= 4 is 0 Å². The van der Waals surface area contributed by atoms with Crippen LogP contribution >= 0.6 is 0 Å². The standard InChI is InChI=1S/C7H10FNO/c1-10-7(8)4-2-3-6(9)5-7/h2-3,5H,4,9H2,1H3. The van der Waals surface area contributed by atoms with Gasteiger partial charge in [-0.15, -0.1) is 0 Å². The Kier molecular flexibility index (Phi) is 1.76. The van der Waals surface area contributed by atoms with Crippen LogP contribution in [0, 0.1) is 0 Å². The second kappa shape index (κ2) is 2.42. The average molecular weight is 143 g/mol. The van der Waals surface area contributed by atoms with Crippen LogP contribution in [0.1, 0.15) is 6.42 Å². The van der Waals surface area contributed by atoms with Gasteiger partial charge in [0.2, 0.25) is 5.85 Å². The van der Waals surface area contributed by atoms with Gasteiger partial charge in [0.15, 0.2) is 0 Å². The summed E-state index contributed by atoms with van der Waals surface area (Å²) in [5.74, 6) is -1.68. The van der Waals surface area contributed by atoms with Crippen molar-refractivity contribution in [1.82, 2.24) is 0 Å². The molecule has 0 aromatic rings. The Labute approximate surface area is 59.2 Å². The van der Waals surface area contributed by atoms with Crippen LogP contribution in [0.2, 0.25) is 0 Å². The van der Waals surface area contributed by atoms with E-state index in [9.17, 15) is 4.39 Å². The van der Waals surface area contributed by atoms with Crippen LogP contribution in [0.5, 0.6) is 0 Å². The molecule has 2 N–H and O–H groups in total. The molecule has 0 bridgehead atoms. The van der Waals surface area contributed by atoms with E-state index in [1.807, 2.05) is 0 Å². The van der Waals surface area contributed by atoms with Crippen molar-refractivity contribution in [2.24, 2.45) is 5.73 Å². The normalized spacial score (nSPS) is 32.0. The molecular formula is C7H10FNO. The Balaban J connectivity index is 2.76. The van der Waals surface area contributed by atoms with Crippen LogP contribution < -0.4 is 5.73 Å². The highest BCUT2D eigenvalue weighted by atomic mass is 19.2. The molecule has 0 spiro atoms. The number of halogens is 1. The van der Waals surface area contributed by atoms with Crippen LogP contribution in [-0.4, -0.2) is 13.0 Å². The van der Waals surface area contributed by atoms with E-state index in [0.29, 0.717) is 5.70 Å². The third-order valence-corrected chi connectivity index (χ3v) is 1.43. The molecule has 0 fully saturated rings. The molecule has 2 nitrogen and oxygen atoms in total. The Bertz CT molecular complexity index is 188. The van der Waals surface area contributed by atoms with Crippen molar-refractivity contribution in [3.63, 3.8) is 0 Å². The van der Waals surface area contributed by atoms with E-state index in [1.54, 1.807) is 12.2 Å². The van der Waals surface area contributed by atoms with Gasteiger partial charge in [-0.25, -0.2) is 4.39 Å². The summed E-state index contributed by atoms with van der Waals surface area (Å²) >= 11 is 0. The lowest BCUT2D eigenvalue weighted by molar-refractivity contribution is -0.0773. The molecule has 0 saturated carbocycles. The predicted octanol–water partition coefficient (Wildman–Crippen LogP) is 1.10. The molecule has 0 aromatic carbocycles. The van der Waals surface area contributed by atoms with Crippen molar-refractivity contribution in [2.45, 2.75) is 12.3 Å². The minimum atomic E-state index is -1.68. The Morgan fingerprint density at radius 3 is 2.90 bits per heavy atom. The minimum absolute atomic E-state index is 0.240. The summed E-state index contributed by atoms with van der Waals surface area (Å²) in [6.45, 7) is 0. The van der Waals surface area contributed by atoms with Crippen molar-refractivity contribution in [1.29, 1.82) is 0 Å². The van der Waals surface area contributed by atoms with E-state index in [-0.39, 0.29) is 6.42 Å². The number of allylic oxidation sites excluding steroid dienone is 1. The first-order chi connectivity index (χ1) is 4.66. The van der Waals surface area contributed by atoms with E-state index in [1.165, 1.54) is 13.2 Å². The number of alkyl halides is 1. The summed E-state index contributed by atoms with van der Waals surface area (Å²) in [5.41, 5.74) is 5.75. The van der Waals surface area contributed by atoms with Crippen molar-refractivity contribution in [2.75, 3.05) is 7.11 Å². The molecule has 1 atom stereocenters. The number of ether oxygens (including phenoxy) is 1. The zero-order valence-electron chi connectivity index (χ0n) is 5.80. The van der Waals surface area contributed by atoms with Crippen molar-refractivity contribution in [3.8, 4) is 0 Å². The van der Waals surface area contributed by atoms with Gasteiger partial charge in [-0.1, -0.05) is 6.08 Å². The summed E-state index contributed by atoms with van der Waals surface area (Å²) in [4.78, 5) is 0. The van der Waals surface area contributed by atoms with Gasteiger partial charge in [0, 0.05) is 25.3 Å². The number of hydrogen-bond acceptors (Lipinski definition) is 2. The van der Waals surface area contributed by atoms with Gasteiger partial charge >= 0.3 is 0 Å². The summed E-state index contributed by atoms with van der Waals surface area (Å²) in [7, 11) is 1.32. The molecule has 3 heteroatoms. The Morgan fingerprint density at radius 1 is 1.80 bits per heavy atom. The molecule has 56 valence electrons. The second-order valence-corrected chi connectivity index (χ2v) is 2.24. The summed E-state index contributed by atoms with van der Waals surface area (Å²) in [6.07, 6.45) is 4.83. The molecule has 0 saturated heterocycles. The average Bonchev–Trinajstić information content (AvgIpc) is 1.88. The van der Waals surface area contributed by atoms with E-state index in [0.717, 1.165) is 0 Å². The lowest BCUT2D eigenvalue weighted by atomic mass is 10.1. The van der Waals surface area contributed by atoms with Gasteiger partial charge < -0.3 is 10.5 Å². The third-order valence-electron chi connectivity index (χ3n) is 1.43. The molecule has 0 heterocycles. The first-order valence-electron chi connectivity index (χ1n) is 3.05. The van der Waals surface area contributed by atoms with Crippen molar-refractivity contribution < 1.29 is 9.13 Å². The van der Waals surface area contributed by atoms with Crippen LogP contribution in [0.15, 0.2) is 23.9 Å². The van der Waals surface area contributed by atoms with Gasteiger partial charge in [-0.3, -0.25) is 0 Å². The van der Waals surface area contributed by atoms with Crippen LogP contribution in [0.25, 0.3) is 0 Å². The van der Waals surface area contributed by atoms with Crippen LogP contribution in [0.4, 0.5) is 4.39 Å². The van der Waals surface area contributed by atoms with E-state index in [4.69, 9.17) is 5.73 Å². The fourth-order valence-corrected chi connectivity index (χ4v) is 0.854. The molecule has 0 aromatic heterocycles. The minimum Gasteiger partial charge on any atom is -0.399 e. The van der Waals surface area contributed by atoms with E-state index < -0.39 is 5.85 Å². The number of hydrogen-bond donors (Lipinski definition) is 1. The van der Waals surface area contributed by atoms with Gasteiger partial charge in [0.25, 0.3) is 0 Å². The lowest BCUT2D eigenvalue weighted by Crippen LogP contribution is -2.25. The maximum atomic E-state index is 13.1. The Morgan fingerprint density at radius 2 is 2.50 bits per heavy atom. The maximum absolute atomic E-state index is 13.1. The summed E-state index contributed by atoms with van der Waals surface area (Å²) in [6, 6.07) is 0. The molecule has 1 aliphatic rings. The maximum Gasteiger partial charge on any atom is 0.233 e. The predicted molar refractivity (Wildman–Crippen MR) is 36.9 cm³/mol. The number of rotatable bonds is 1. The molecular weight excluding hydrogens is 133 g/mol. The van der Waals surface area contributed by atoms with E-state index in [2.05, 4.69) is 4.74 Å². The molecule has 1 rings (SSSR count). The molecule has 0 radical (unpaired) electrons. The zero-order chi connectivity index (χ0) is 7.61. The smallest absolute Gasteiger partial charge is 0.233 e. The molecule has 10 heavy (non-hydrogen) atoms. The number of methoxy groups -OCH3 is 1. The van der Waals surface area contributed by atoms with E-state index >= 15 is 0 Å². The number of nitrogens with two attached hydrogens (primary N) is 1. The highest BCUT2D eigenvalue weighted by molar-refractivity contribution is 5.23. The fourth-order valence-electron chi connectivity index (χ4n) is 0.854. The SMILES string of the molecule is COC1(F)C=C(N)C=CC1. The highest BCUT2D eigenvalue weighted by Gasteiger charge is 2.26. The van der Waals surface area contributed by atoms with Gasteiger partial charge in [-0.05, 0) is 6.08 Å². The van der Waals surface area contributed by atoms with Crippen LogP contribution in [-0.2, 0) is 4.74 Å².